The first kappa shape index (κ1) is 12.8. The Bertz CT molecular complexity index is 231. The van der Waals surface area contributed by atoms with Crippen LogP contribution in [0.25, 0.3) is 0 Å². The van der Waals surface area contributed by atoms with Crippen LogP contribution in [0.4, 0.5) is 0 Å². The largest absolute Gasteiger partial charge is 0.480 e. The highest BCUT2D eigenvalue weighted by Crippen LogP contribution is 2.31. The molecule has 15 heavy (non-hydrogen) atoms. The summed E-state index contributed by atoms with van der Waals surface area (Å²) in [6.45, 7) is 8.21. The molecule has 1 aliphatic rings. The van der Waals surface area contributed by atoms with E-state index in [2.05, 4.69) is 18.7 Å². The summed E-state index contributed by atoms with van der Waals surface area (Å²) in [6, 6.07) is -0.282. The van der Waals surface area contributed by atoms with Crippen molar-refractivity contribution in [3.8, 4) is 0 Å². The van der Waals surface area contributed by atoms with E-state index in [0.29, 0.717) is 0 Å². The molecule has 1 atom stereocenters. The number of rotatable bonds is 4. The predicted molar refractivity (Wildman–Crippen MR) is 64.4 cm³/mol. The van der Waals surface area contributed by atoms with Crippen molar-refractivity contribution in [1.29, 1.82) is 0 Å². The molecule has 1 N–H and O–H groups in total. The maximum atomic E-state index is 11.2. The summed E-state index contributed by atoms with van der Waals surface area (Å²) in [6.07, 6.45) is 1.69. The first-order valence-electron chi connectivity index (χ1n) is 5.57. The van der Waals surface area contributed by atoms with Gasteiger partial charge in [0.1, 0.15) is 6.04 Å². The molecule has 3 nitrogen and oxygen atoms in total. The third kappa shape index (κ3) is 3.68. The molecular weight excluding hydrogens is 210 g/mol. The van der Waals surface area contributed by atoms with E-state index in [1.54, 1.807) is 0 Å². The van der Waals surface area contributed by atoms with Gasteiger partial charge in [-0.15, -0.1) is 0 Å². The van der Waals surface area contributed by atoms with Gasteiger partial charge in [0.15, 0.2) is 0 Å². The van der Waals surface area contributed by atoms with E-state index < -0.39 is 5.97 Å². The second-order valence-electron chi connectivity index (χ2n) is 4.72. The van der Waals surface area contributed by atoms with E-state index in [4.69, 9.17) is 0 Å². The zero-order valence-electron chi connectivity index (χ0n) is 9.82. The number of thioether (sulfide) groups is 1. The monoisotopic (exact) mass is 231 g/mol. The standard InChI is InChI=1S/C11H21NO2S/c1-4-5-9(10(13)14)12-6-7-15-11(2,3)8-12/h9H,4-8H2,1-3H3,(H,13,14). The Morgan fingerprint density at radius 3 is 2.73 bits per heavy atom. The van der Waals surface area contributed by atoms with Crippen LogP contribution in [0.2, 0.25) is 0 Å². The van der Waals surface area contributed by atoms with Gasteiger partial charge in [-0.25, -0.2) is 0 Å². The van der Waals surface area contributed by atoms with Crippen LogP contribution in [0.3, 0.4) is 0 Å². The van der Waals surface area contributed by atoms with Crippen LogP contribution in [-0.2, 0) is 4.79 Å². The third-order valence-corrected chi connectivity index (χ3v) is 4.04. The molecule has 1 heterocycles. The number of nitrogens with zero attached hydrogens (tertiary/aromatic N) is 1. The second-order valence-corrected chi connectivity index (χ2v) is 6.52. The summed E-state index contributed by atoms with van der Waals surface area (Å²) in [5.41, 5.74) is 0. The second kappa shape index (κ2) is 5.21. The van der Waals surface area contributed by atoms with Gasteiger partial charge < -0.3 is 5.11 Å². The Labute approximate surface area is 96.2 Å². The predicted octanol–water partition coefficient (Wildman–Crippen LogP) is 2.07. The average molecular weight is 231 g/mol. The fourth-order valence-electron chi connectivity index (χ4n) is 2.05. The molecule has 1 fully saturated rings. The minimum Gasteiger partial charge on any atom is -0.480 e. The zero-order chi connectivity index (χ0) is 11.5. The van der Waals surface area contributed by atoms with E-state index in [0.717, 1.165) is 31.7 Å². The van der Waals surface area contributed by atoms with E-state index in [1.165, 1.54) is 0 Å². The highest BCUT2D eigenvalue weighted by molar-refractivity contribution is 8.00. The number of hydrogen-bond acceptors (Lipinski definition) is 3. The van der Waals surface area contributed by atoms with Crippen LogP contribution in [0.15, 0.2) is 0 Å². The van der Waals surface area contributed by atoms with Crippen molar-refractivity contribution in [2.75, 3.05) is 18.8 Å². The minimum absolute atomic E-state index is 0.194. The van der Waals surface area contributed by atoms with E-state index in [1.807, 2.05) is 18.7 Å². The smallest absolute Gasteiger partial charge is 0.320 e. The van der Waals surface area contributed by atoms with Crippen molar-refractivity contribution in [1.82, 2.24) is 4.90 Å². The van der Waals surface area contributed by atoms with Gasteiger partial charge in [-0.3, -0.25) is 9.69 Å². The van der Waals surface area contributed by atoms with Crippen molar-refractivity contribution >= 4 is 17.7 Å². The molecule has 1 unspecified atom stereocenters. The van der Waals surface area contributed by atoms with Crippen LogP contribution >= 0.6 is 11.8 Å². The molecule has 0 amide bonds. The van der Waals surface area contributed by atoms with Gasteiger partial charge in [0, 0.05) is 23.6 Å². The Balaban J connectivity index is 2.63. The Morgan fingerprint density at radius 1 is 1.60 bits per heavy atom. The maximum absolute atomic E-state index is 11.2. The lowest BCUT2D eigenvalue weighted by Gasteiger charge is -2.40. The van der Waals surface area contributed by atoms with Crippen molar-refractivity contribution in [3.05, 3.63) is 0 Å². The maximum Gasteiger partial charge on any atom is 0.320 e. The van der Waals surface area contributed by atoms with Crippen LogP contribution in [0.1, 0.15) is 33.6 Å². The highest BCUT2D eigenvalue weighted by Gasteiger charge is 2.33. The summed E-state index contributed by atoms with van der Waals surface area (Å²) in [5.74, 6) is 0.375. The first-order chi connectivity index (χ1) is 6.96. The van der Waals surface area contributed by atoms with E-state index >= 15 is 0 Å². The van der Waals surface area contributed by atoms with Gasteiger partial charge >= 0.3 is 5.97 Å². The molecule has 0 saturated carbocycles. The van der Waals surface area contributed by atoms with Crippen LogP contribution in [0, 0.1) is 0 Å². The molecule has 0 spiro atoms. The van der Waals surface area contributed by atoms with Gasteiger partial charge in [-0.2, -0.15) is 11.8 Å². The number of carboxylic acid groups (broad SMARTS) is 1. The molecule has 1 saturated heterocycles. The summed E-state index contributed by atoms with van der Waals surface area (Å²) in [7, 11) is 0. The number of aliphatic carboxylic acids is 1. The van der Waals surface area contributed by atoms with E-state index in [9.17, 15) is 9.90 Å². The lowest BCUT2D eigenvalue weighted by Crippen LogP contribution is -2.51. The molecule has 1 rings (SSSR count). The fraction of sp³-hybridized carbons (Fsp3) is 0.909. The molecule has 0 aromatic carbocycles. The molecule has 0 bridgehead atoms. The fourth-order valence-corrected chi connectivity index (χ4v) is 3.19. The molecule has 0 aromatic rings. The Hall–Kier alpha value is -0.220. The quantitative estimate of drug-likeness (QED) is 0.804. The summed E-state index contributed by atoms with van der Waals surface area (Å²) in [5, 5.41) is 9.18. The summed E-state index contributed by atoms with van der Waals surface area (Å²) < 4.78 is 0.194. The molecule has 0 aliphatic carbocycles. The van der Waals surface area contributed by atoms with Crippen molar-refractivity contribution < 1.29 is 9.90 Å². The molecule has 88 valence electrons. The van der Waals surface area contributed by atoms with Gasteiger partial charge in [-0.05, 0) is 20.3 Å². The number of carbonyl (C=O) groups is 1. The topological polar surface area (TPSA) is 40.5 Å². The summed E-state index contributed by atoms with van der Waals surface area (Å²) in [4.78, 5) is 13.3. The molecule has 0 radical (unpaired) electrons. The molecule has 4 heteroatoms. The normalized spacial score (nSPS) is 23.7. The lowest BCUT2D eigenvalue weighted by atomic mass is 10.1. The Morgan fingerprint density at radius 2 is 2.27 bits per heavy atom. The first-order valence-corrected chi connectivity index (χ1v) is 6.55. The lowest BCUT2D eigenvalue weighted by molar-refractivity contribution is -0.143. The van der Waals surface area contributed by atoms with Crippen molar-refractivity contribution in [2.24, 2.45) is 0 Å². The van der Waals surface area contributed by atoms with Crippen LogP contribution in [0.5, 0.6) is 0 Å². The SMILES string of the molecule is CCCC(C(=O)O)N1CCSC(C)(C)C1. The van der Waals surface area contributed by atoms with E-state index in [-0.39, 0.29) is 10.8 Å². The van der Waals surface area contributed by atoms with Crippen LogP contribution in [-0.4, -0.2) is 45.6 Å². The van der Waals surface area contributed by atoms with Gasteiger partial charge in [-0.1, -0.05) is 13.3 Å². The molecule has 0 aromatic heterocycles. The van der Waals surface area contributed by atoms with Gasteiger partial charge in [0.2, 0.25) is 0 Å². The Kier molecular flexibility index (Phi) is 4.46. The summed E-state index contributed by atoms with van der Waals surface area (Å²) >= 11 is 1.94. The molecular formula is C11H21NO2S. The van der Waals surface area contributed by atoms with Crippen molar-refractivity contribution in [2.45, 2.75) is 44.4 Å². The zero-order valence-corrected chi connectivity index (χ0v) is 10.6. The van der Waals surface area contributed by atoms with Gasteiger partial charge in [0.05, 0.1) is 0 Å². The highest BCUT2D eigenvalue weighted by atomic mass is 32.2. The average Bonchev–Trinajstić information content (AvgIpc) is 2.11. The number of carboxylic acids is 1. The third-order valence-electron chi connectivity index (χ3n) is 2.74. The van der Waals surface area contributed by atoms with Crippen molar-refractivity contribution in [3.63, 3.8) is 0 Å². The van der Waals surface area contributed by atoms with Crippen LogP contribution < -0.4 is 0 Å². The molecule has 1 aliphatic heterocycles. The minimum atomic E-state index is -0.667. The van der Waals surface area contributed by atoms with Gasteiger partial charge in [0.25, 0.3) is 0 Å². The number of hydrogen-bond donors (Lipinski definition) is 1.